The van der Waals surface area contributed by atoms with Crippen LogP contribution in [0.15, 0.2) is 0 Å². The lowest BCUT2D eigenvalue weighted by atomic mass is 11.2. The van der Waals surface area contributed by atoms with E-state index in [1.165, 1.54) is 0 Å². The number of quaternary nitrogens is 1. The molecule has 0 aromatic heterocycles. The van der Waals surface area contributed by atoms with Crippen LogP contribution in [0, 0.1) is 10.2 Å². The first-order chi connectivity index (χ1) is 3.73. The molecule has 0 aliphatic heterocycles. The van der Waals surface area contributed by atoms with E-state index < -0.39 is 10.2 Å². The Hall–Kier alpha value is 0.0500. The van der Waals surface area contributed by atoms with Crippen molar-refractivity contribution >= 4 is 0 Å². The minimum Gasteiger partial charge on any atom is -0.278 e. The van der Waals surface area contributed by atoms with Gasteiger partial charge < -0.3 is 0 Å². The fourth-order valence-electron chi connectivity index (χ4n) is 0. The first-order valence-electron chi connectivity index (χ1n) is 1.83. The van der Waals surface area contributed by atoms with Gasteiger partial charge >= 0.3 is 0 Å². The van der Waals surface area contributed by atoms with Crippen molar-refractivity contribution in [3.05, 3.63) is 0 Å². The van der Waals surface area contributed by atoms with Crippen LogP contribution in [0.5, 0.6) is 0 Å². The second kappa shape index (κ2) is 4.89. The van der Waals surface area contributed by atoms with Crippen LogP contribution in [-0.4, -0.2) is 19.1 Å². The fraction of sp³-hybridized carbons (Fsp3) is 1.00. The molecule has 0 bridgehead atoms. The Morgan fingerprint density at radius 2 is 1.11 bits per heavy atom. The molecule has 7 heteroatoms. The van der Waals surface area contributed by atoms with Gasteiger partial charge in [-0.2, -0.15) is 5.01 Å². The molecule has 0 aliphatic rings. The van der Waals surface area contributed by atoms with Crippen LogP contribution in [0.2, 0.25) is 0 Å². The van der Waals surface area contributed by atoms with Gasteiger partial charge in [-0.25, -0.2) is 18.6 Å². The van der Waals surface area contributed by atoms with Crippen molar-refractivity contribution in [3.8, 4) is 0 Å². The number of rotatable bonds is 0. The zero-order chi connectivity index (χ0) is 8.08. The maximum atomic E-state index is 8.49. The van der Waals surface area contributed by atoms with Gasteiger partial charge in [0.25, 0.3) is 0 Å². The Morgan fingerprint density at radius 1 is 1.11 bits per heavy atom. The Labute approximate surface area is 54.8 Å². The van der Waals surface area contributed by atoms with Crippen molar-refractivity contribution in [2.75, 3.05) is 14.1 Å². The zero-order valence-electron chi connectivity index (χ0n) is 5.17. The molecule has 0 amide bonds. The summed E-state index contributed by atoms with van der Waals surface area (Å²) in [7, 11) is -1.17. The minimum absolute atomic E-state index is 1.75. The summed E-state index contributed by atoms with van der Waals surface area (Å²) in [5, 5.41) is 1.75. The predicted molar refractivity (Wildman–Crippen MR) is 16.6 cm³/mol. The molecule has 0 rings (SSSR count). The smallest absolute Gasteiger partial charge is 0.0357 e. The molecule has 0 aromatic rings. The number of halogens is 1. The average Bonchev–Trinajstić information content (AvgIpc) is 1.19. The Balaban J connectivity index is 0. The zero-order valence-corrected chi connectivity index (χ0v) is 5.92. The standard InChI is InChI=1S/C2H8N2.ClHO4/c1-4(2)3;2-1(3,4)5/h3H2,1-2H3;(H,2,3,4,5). The lowest BCUT2D eigenvalue weighted by Gasteiger charge is -2.17. The maximum Gasteiger partial charge on any atom is 0.0357 e. The maximum absolute atomic E-state index is 8.49. The van der Waals surface area contributed by atoms with E-state index in [0.717, 1.165) is 0 Å². The summed E-state index contributed by atoms with van der Waals surface area (Å²) in [6.45, 7) is 0. The highest BCUT2D eigenvalue weighted by Gasteiger charge is 1.84. The quantitative estimate of drug-likeness (QED) is 0.353. The Kier molecular flexibility index (Phi) is 6.40. The van der Waals surface area contributed by atoms with Gasteiger partial charge in [-0.05, 0) is 0 Å². The van der Waals surface area contributed by atoms with E-state index in [4.69, 9.17) is 18.6 Å². The van der Waals surface area contributed by atoms with Crippen molar-refractivity contribution in [2.24, 2.45) is 0 Å². The highest BCUT2D eigenvalue weighted by atomic mass is 35.7. The van der Waals surface area contributed by atoms with E-state index in [2.05, 4.69) is 5.84 Å². The first kappa shape index (κ1) is 11.8. The van der Waals surface area contributed by atoms with E-state index in [0.29, 0.717) is 0 Å². The summed E-state index contributed by atoms with van der Waals surface area (Å²) in [4.78, 5) is 0. The minimum atomic E-state index is -4.94. The molecular weight excluding hydrogens is 151 g/mol. The van der Waals surface area contributed by atoms with Crippen LogP contribution < -0.4 is 24.5 Å². The number of hydrogen-bond donors (Lipinski definition) is 1. The lowest BCUT2D eigenvalue weighted by Crippen LogP contribution is -2.68. The summed E-state index contributed by atoms with van der Waals surface area (Å²) < 4.78 is 34.0. The van der Waals surface area contributed by atoms with Gasteiger partial charge in [0.2, 0.25) is 0 Å². The second-order valence-electron chi connectivity index (χ2n) is 1.46. The molecule has 0 radical (unpaired) electrons. The highest BCUT2D eigenvalue weighted by Crippen LogP contribution is 1.49. The largest absolute Gasteiger partial charge is 0.278 e. The summed E-state index contributed by atoms with van der Waals surface area (Å²) in [5.41, 5.74) is 0. The molecule has 0 aromatic carbocycles. The molecular formula is C2H9ClN2O4. The third kappa shape index (κ3) is 118000. The summed E-state index contributed by atoms with van der Waals surface area (Å²) in [6, 6.07) is 0. The number of hydrogen-bond acceptors (Lipinski definition) is 5. The van der Waals surface area contributed by atoms with E-state index in [-0.39, 0.29) is 0 Å². The molecule has 0 aliphatic carbocycles. The van der Waals surface area contributed by atoms with Crippen LogP contribution >= 0.6 is 0 Å². The van der Waals surface area contributed by atoms with Gasteiger partial charge in [-0.3, -0.25) is 5.84 Å². The topological polar surface area (TPSA) is 123 Å². The molecule has 9 heavy (non-hydrogen) atoms. The van der Waals surface area contributed by atoms with E-state index in [1.54, 1.807) is 5.01 Å². The van der Waals surface area contributed by atoms with Crippen LogP contribution in [0.3, 0.4) is 0 Å². The second-order valence-corrected chi connectivity index (χ2v) is 2.21. The summed E-state index contributed by atoms with van der Waals surface area (Å²) in [6.07, 6.45) is 0. The van der Waals surface area contributed by atoms with Crippen molar-refractivity contribution in [1.82, 2.24) is 5.01 Å². The fourth-order valence-corrected chi connectivity index (χ4v) is 0. The molecule has 0 spiro atoms. The highest BCUT2D eigenvalue weighted by molar-refractivity contribution is 3.88. The van der Waals surface area contributed by atoms with Gasteiger partial charge in [0.15, 0.2) is 0 Å². The van der Waals surface area contributed by atoms with Gasteiger partial charge in [0, 0.05) is 14.1 Å². The van der Waals surface area contributed by atoms with Gasteiger partial charge in [-0.15, -0.1) is 10.2 Å². The molecule has 3 N–H and O–H groups in total. The normalized spacial score (nSPS) is 10.7. The SMILES string of the molecule is CN(C)[NH3+].[O-][Cl+3]([O-])([O-])[O-]. The van der Waals surface area contributed by atoms with Gasteiger partial charge in [-0.1, -0.05) is 0 Å². The predicted octanol–water partition coefficient (Wildman–Crippen LogP) is -6.05. The van der Waals surface area contributed by atoms with Gasteiger partial charge in [0.1, 0.15) is 0 Å². The van der Waals surface area contributed by atoms with Gasteiger partial charge in [0.05, 0.1) is 0 Å². The molecule has 0 saturated carbocycles. The lowest BCUT2D eigenvalue weighted by molar-refractivity contribution is -2.00. The van der Waals surface area contributed by atoms with Crippen LogP contribution in [0.4, 0.5) is 0 Å². The Bertz CT molecular complexity index is 53.3. The monoisotopic (exact) mass is 160 g/mol. The molecule has 0 heterocycles. The molecule has 6 nitrogen and oxygen atoms in total. The van der Waals surface area contributed by atoms with Crippen LogP contribution in [-0.2, 0) is 0 Å². The third-order valence-corrected chi connectivity index (χ3v) is 0. The third-order valence-electron chi connectivity index (χ3n) is 0. The summed E-state index contributed by atoms with van der Waals surface area (Å²) in [5.74, 6) is 3.47. The number of nitrogens with zero attached hydrogens (tertiary/aromatic N) is 1. The molecule has 58 valence electrons. The van der Waals surface area contributed by atoms with E-state index in [9.17, 15) is 0 Å². The first-order valence-corrected chi connectivity index (χ1v) is 3.06. The van der Waals surface area contributed by atoms with Crippen molar-refractivity contribution in [3.63, 3.8) is 0 Å². The molecule has 0 fully saturated rings. The van der Waals surface area contributed by atoms with Crippen LogP contribution in [0.1, 0.15) is 0 Å². The van der Waals surface area contributed by atoms with E-state index in [1.807, 2.05) is 14.1 Å². The van der Waals surface area contributed by atoms with Crippen LogP contribution in [0.25, 0.3) is 0 Å². The Morgan fingerprint density at radius 3 is 1.11 bits per heavy atom. The van der Waals surface area contributed by atoms with Crippen molar-refractivity contribution < 1.29 is 34.7 Å². The summed E-state index contributed by atoms with van der Waals surface area (Å²) >= 11 is 0. The molecule has 0 saturated heterocycles. The van der Waals surface area contributed by atoms with Crippen molar-refractivity contribution in [1.29, 1.82) is 0 Å². The average molecular weight is 161 g/mol. The van der Waals surface area contributed by atoms with Crippen molar-refractivity contribution in [2.45, 2.75) is 0 Å². The molecule has 0 unspecified atom stereocenters. The van der Waals surface area contributed by atoms with E-state index >= 15 is 0 Å². The molecule has 0 atom stereocenters.